The maximum absolute atomic E-state index is 12.5. The molecule has 1 aromatic carbocycles. The highest BCUT2D eigenvalue weighted by molar-refractivity contribution is 9.10. The smallest absolute Gasteiger partial charge is 0.293 e. The summed E-state index contributed by atoms with van der Waals surface area (Å²) < 4.78 is 16.9. The minimum Gasteiger partial charge on any atom is -0.493 e. The van der Waals surface area contributed by atoms with Gasteiger partial charge in [0.05, 0.1) is 35.3 Å². The topological polar surface area (TPSA) is 78.0 Å². The van der Waals surface area contributed by atoms with Crippen LogP contribution in [0.4, 0.5) is 4.79 Å². The zero-order valence-corrected chi connectivity index (χ0v) is 18.3. The molecule has 0 saturated carbocycles. The number of hydrogen-bond acceptors (Lipinski definition) is 7. The Kier molecular flexibility index (Phi) is 7.29. The summed E-state index contributed by atoms with van der Waals surface area (Å²) in [6.45, 7) is 0.812. The van der Waals surface area contributed by atoms with Crippen molar-refractivity contribution >= 4 is 44.9 Å². The molecule has 152 valence electrons. The summed E-state index contributed by atoms with van der Waals surface area (Å²) in [5, 5.41) is -0.306. The number of carbonyl (C=O) groups excluding carboxylic acids is 2. The van der Waals surface area contributed by atoms with E-state index in [2.05, 4.69) is 20.9 Å². The number of halogens is 1. The summed E-state index contributed by atoms with van der Waals surface area (Å²) in [4.78, 5) is 30.3. The lowest BCUT2D eigenvalue weighted by molar-refractivity contribution is -0.123. The van der Waals surface area contributed by atoms with E-state index in [1.807, 2.05) is 18.2 Å². The van der Waals surface area contributed by atoms with Crippen molar-refractivity contribution in [2.24, 2.45) is 0 Å². The van der Waals surface area contributed by atoms with Gasteiger partial charge in [-0.05, 0) is 63.6 Å². The molecule has 0 N–H and O–H groups in total. The van der Waals surface area contributed by atoms with Gasteiger partial charge in [-0.1, -0.05) is 6.07 Å². The number of methoxy groups -OCH3 is 2. The van der Waals surface area contributed by atoms with Gasteiger partial charge < -0.3 is 14.2 Å². The van der Waals surface area contributed by atoms with Crippen LogP contribution in [-0.4, -0.2) is 48.4 Å². The average Bonchev–Trinajstić information content (AvgIpc) is 2.98. The molecule has 2 heterocycles. The van der Waals surface area contributed by atoms with Crippen LogP contribution in [0.2, 0.25) is 0 Å². The van der Waals surface area contributed by atoms with Crippen LogP contribution in [0, 0.1) is 0 Å². The highest BCUT2D eigenvalue weighted by atomic mass is 79.9. The number of benzene rings is 1. The monoisotopic (exact) mass is 478 g/mol. The van der Waals surface area contributed by atoms with Gasteiger partial charge in [0.25, 0.3) is 11.1 Å². The van der Waals surface area contributed by atoms with E-state index in [0.717, 1.165) is 17.5 Å². The molecule has 0 aliphatic carbocycles. The number of ether oxygens (including phenoxy) is 3. The van der Waals surface area contributed by atoms with E-state index in [4.69, 9.17) is 14.2 Å². The van der Waals surface area contributed by atoms with E-state index in [0.29, 0.717) is 33.0 Å². The van der Waals surface area contributed by atoms with Crippen LogP contribution in [0.1, 0.15) is 11.3 Å². The number of amides is 2. The molecule has 9 heteroatoms. The SMILES string of the molecule is COCCN1C(=O)S/C(=C/c2cc(Br)c(OCc3ccccn3)c(OC)c2)C1=O. The first-order chi connectivity index (χ1) is 14.0. The van der Waals surface area contributed by atoms with Gasteiger partial charge in [0.1, 0.15) is 6.61 Å². The number of hydrogen-bond donors (Lipinski definition) is 0. The Bertz CT molecular complexity index is 936. The van der Waals surface area contributed by atoms with Crippen molar-refractivity contribution in [1.82, 2.24) is 9.88 Å². The molecule has 1 aromatic heterocycles. The van der Waals surface area contributed by atoms with Crippen LogP contribution < -0.4 is 9.47 Å². The van der Waals surface area contributed by atoms with Gasteiger partial charge in [-0.25, -0.2) is 0 Å². The molecule has 3 rings (SSSR count). The zero-order chi connectivity index (χ0) is 20.8. The third kappa shape index (κ3) is 5.17. The number of nitrogens with zero attached hydrogens (tertiary/aromatic N) is 2. The Labute approximate surface area is 181 Å². The Balaban J connectivity index is 1.80. The van der Waals surface area contributed by atoms with Crippen molar-refractivity contribution in [3.05, 3.63) is 57.2 Å². The predicted molar refractivity (Wildman–Crippen MR) is 114 cm³/mol. The van der Waals surface area contributed by atoms with Crippen LogP contribution in [0.5, 0.6) is 11.5 Å². The molecule has 0 atom stereocenters. The molecule has 1 aliphatic rings. The second-order valence-electron chi connectivity index (χ2n) is 5.97. The first kappa shape index (κ1) is 21.4. The Morgan fingerprint density at radius 3 is 2.76 bits per heavy atom. The molecule has 1 aliphatic heterocycles. The second kappa shape index (κ2) is 9.91. The van der Waals surface area contributed by atoms with Gasteiger partial charge in [0, 0.05) is 13.3 Å². The summed E-state index contributed by atoms with van der Waals surface area (Å²) in [6, 6.07) is 9.15. The standard InChI is InChI=1S/C20H19BrN2O5S/c1-26-8-7-23-19(24)17(29-20(23)25)11-13-9-15(21)18(16(10-13)27-2)28-12-14-5-3-4-6-22-14/h3-6,9-11H,7-8,12H2,1-2H3/b17-11+. The van der Waals surface area contributed by atoms with Crippen LogP contribution in [0.15, 0.2) is 45.9 Å². The van der Waals surface area contributed by atoms with Crippen molar-refractivity contribution in [3.63, 3.8) is 0 Å². The molecule has 2 amide bonds. The average molecular weight is 479 g/mol. The Morgan fingerprint density at radius 1 is 1.24 bits per heavy atom. The van der Waals surface area contributed by atoms with E-state index in [9.17, 15) is 9.59 Å². The molecular formula is C20H19BrN2O5S. The third-order valence-corrected chi connectivity index (χ3v) is 5.53. The Morgan fingerprint density at radius 2 is 2.07 bits per heavy atom. The van der Waals surface area contributed by atoms with Crippen molar-refractivity contribution in [2.75, 3.05) is 27.4 Å². The molecular weight excluding hydrogens is 460 g/mol. The number of thioether (sulfide) groups is 1. The largest absolute Gasteiger partial charge is 0.493 e. The maximum atomic E-state index is 12.5. The molecule has 1 saturated heterocycles. The quantitative estimate of drug-likeness (QED) is 0.528. The van der Waals surface area contributed by atoms with E-state index in [1.165, 1.54) is 19.1 Å². The fourth-order valence-electron chi connectivity index (χ4n) is 2.62. The van der Waals surface area contributed by atoms with Crippen molar-refractivity contribution in [2.45, 2.75) is 6.61 Å². The first-order valence-electron chi connectivity index (χ1n) is 8.68. The third-order valence-electron chi connectivity index (χ3n) is 4.03. The van der Waals surface area contributed by atoms with Crippen molar-refractivity contribution < 1.29 is 23.8 Å². The lowest BCUT2D eigenvalue weighted by Crippen LogP contribution is -2.31. The molecule has 0 radical (unpaired) electrons. The van der Waals surface area contributed by atoms with Crippen molar-refractivity contribution in [3.8, 4) is 11.5 Å². The second-order valence-corrected chi connectivity index (χ2v) is 7.82. The molecule has 29 heavy (non-hydrogen) atoms. The first-order valence-corrected chi connectivity index (χ1v) is 10.3. The van der Waals surface area contributed by atoms with Gasteiger partial charge in [0.2, 0.25) is 0 Å². The van der Waals surface area contributed by atoms with Crippen LogP contribution in [0.3, 0.4) is 0 Å². The summed E-state index contributed by atoms with van der Waals surface area (Å²) in [6.07, 6.45) is 3.36. The molecule has 0 spiro atoms. The zero-order valence-electron chi connectivity index (χ0n) is 15.9. The summed E-state index contributed by atoms with van der Waals surface area (Å²) in [5.74, 6) is 0.700. The number of imide groups is 1. The molecule has 2 aromatic rings. The van der Waals surface area contributed by atoms with Crippen LogP contribution >= 0.6 is 27.7 Å². The fourth-order valence-corrected chi connectivity index (χ4v) is 4.06. The number of rotatable bonds is 8. The lowest BCUT2D eigenvalue weighted by Gasteiger charge is -2.13. The maximum Gasteiger partial charge on any atom is 0.293 e. The van der Waals surface area contributed by atoms with Gasteiger partial charge >= 0.3 is 0 Å². The lowest BCUT2D eigenvalue weighted by atomic mass is 10.2. The summed E-state index contributed by atoms with van der Waals surface area (Å²) >= 11 is 4.40. The van der Waals surface area contributed by atoms with Gasteiger partial charge in [-0.3, -0.25) is 19.5 Å². The highest BCUT2D eigenvalue weighted by Gasteiger charge is 2.34. The number of pyridine rings is 1. The van der Waals surface area contributed by atoms with E-state index < -0.39 is 0 Å². The van der Waals surface area contributed by atoms with E-state index in [-0.39, 0.29) is 24.3 Å². The number of aromatic nitrogens is 1. The molecule has 7 nitrogen and oxygen atoms in total. The van der Waals surface area contributed by atoms with Gasteiger partial charge in [-0.2, -0.15) is 0 Å². The van der Waals surface area contributed by atoms with Crippen LogP contribution in [0.25, 0.3) is 6.08 Å². The molecule has 0 bridgehead atoms. The van der Waals surface area contributed by atoms with Crippen LogP contribution in [-0.2, 0) is 16.1 Å². The van der Waals surface area contributed by atoms with Crippen molar-refractivity contribution in [1.29, 1.82) is 0 Å². The normalized spacial score (nSPS) is 15.3. The highest BCUT2D eigenvalue weighted by Crippen LogP contribution is 2.39. The molecule has 0 unspecified atom stereocenters. The van der Waals surface area contributed by atoms with E-state index >= 15 is 0 Å². The summed E-state index contributed by atoms with van der Waals surface area (Å²) in [5.41, 5.74) is 1.49. The minimum absolute atomic E-state index is 0.228. The van der Waals surface area contributed by atoms with Gasteiger partial charge in [-0.15, -0.1) is 0 Å². The predicted octanol–water partition coefficient (Wildman–Crippen LogP) is 4.11. The minimum atomic E-state index is -0.331. The summed E-state index contributed by atoms with van der Waals surface area (Å²) in [7, 11) is 3.06. The fraction of sp³-hybridized carbons (Fsp3) is 0.250. The number of carbonyl (C=O) groups is 2. The van der Waals surface area contributed by atoms with E-state index in [1.54, 1.807) is 24.4 Å². The van der Waals surface area contributed by atoms with Gasteiger partial charge in [0.15, 0.2) is 11.5 Å². The Hall–Kier alpha value is -2.36. The molecule has 1 fully saturated rings.